The van der Waals surface area contributed by atoms with Crippen molar-refractivity contribution < 1.29 is 0 Å². The molecule has 0 N–H and O–H groups in total. The highest BCUT2D eigenvalue weighted by atomic mass is 32.1. The van der Waals surface area contributed by atoms with Crippen LogP contribution in [0, 0.1) is 0 Å². The van der Waals surface area contributed by atoms with E-state index in [0.29, 0.717) is 0 Å². The summed E-state index contributed by atoms with van der Waals surface area (Å²) in [6.07, 6.45) is 0. The molecule has 0 atom stereocenters. The summed E-state index contributed by atoms with van der Waals surface area (Å²) in [4.78, 5) is 0. The Morgan fingerprint density at radius 1 is 0.314 bits per heavy atom. The van der Waals surface area contributed by atoms with Crippen molar-refractivity contribution in [1.29, 1.82) is 0 Å². The first-order chi connectivity index (χ1) is 25.3. The molecule has 0 aliphatic carbocycles. The van der Waals surface area contributed by atoms with Crippen molar-refractivity contribution in [3.63, 3.8) is 0 Å². The Balaban J connectivity index is 1.22. The molecular weight excluding hydrogens is 637 g/mol. The van der Waals surface area contributed by atoms with Gasteiger partial charge in [-0.25, -0.2) is 0 Å². The van der Waals surface area contributed by atoms with E-state index in [-0.39, 0.29) is 0 Å². The first kappa shape index (κ1) is 27.4. The SMILES string of the molecule is c1ccc2cc3c(cc2c1)sc1ccc(-n2c4ccccc4c4cc5c(cc42)c2c4ccccc4ccc2n5-c2cccc4ccccc24)cc13. The molecule has 12 aromatic rings. The molecule has 0 saturated heterocycles. The predicted octanol–water partition coefficient (Wildman–Crippen LogP) is 13.7. The largest absolute Gasteiger partial charge is 0.309 e. The number of hydrogen-bond acceptors (Lipinski definition) is 1. The van der Waals surface area contributed by atoms with Crippen molar-refractivity contribution in [3.8, 4) is 11.4 Å². The number of para-hydroxylation sites is 1. The van der Waals surface area contributed by atoms with Crippen molar-refractivity contribution in [2.45, 2.75) is 0 Å². The second-order valence-electron chi connectivity index (χ2n) is 13.7. The molecule has 3 heteroatoms. The zero-order chi connectivity index (χ0) is 33.2. The van der Waals surface area contributed by atoms with Gasteiger partial charge in [-0.1, -0.05) is 109 Å². The molecule has 0 amide bonds. The van der Waals surface area contributed by atoms with Crippen molar-refractivity contribution in [2.24, 2.45) is 0 Å². The smallest absolute Gasteiger partial charge is 0.0549 e. The quantitative estimate of drug-likeness (QED) is 0.174. The monoisotopic (exact) mass is 664 g/mol. The van der Waals surface area contributed by atoms with Gasteiger partial charge in [0.05, 0.1) is 27.8 Å². The van der Waals surface area contributed by atoms with Crippen LogP contribution in [0.15, 0.2) is 170 Å². The molecule has 2 nitrogen and oxygen atoms in total. The lowest BCUT2D eigenvalue weighted by molar-refractivity contribution is 1.18. The van der Waals surface area contributed by atoms with Gasteiger partial charge in [-0.05, 0) is 87.6 Å². The molecule has 51 heavy (non-hydrogen) atoms. The highest BCUT2D eigenvalue weighted by molar-refractivity contribution is 7.25. The highest BCUT2D eigenvalue weighted by Crippen LogP contribution is 2.44. The van der Waals surface area contributed by atoms with Crippen LogP contribution in [0.3, 0.4) is 0 Å². The number of aromatic nitrogens is 2. The molecule has 0 saturated carbocycles. The normalized spacial score (nSPS) is 12.3. The first-order valence-electron chi connectivity index (χ1n) is 17.5. The van der Waals surface area contributed by atoms with Crippen LogP contribution < -0.4 is 0 Å². The third kappa shape index (κ3) is 3.76. The van der Waals surface area contributed by atoms with Gasteiger partial charge in [0.2, 0.25) is 0 Å². The van der Waals surface area contributed by atoms with E-state index in [1.165, 1.54) is 107 Å². The van der Waals surface area contributed by atoms with Gasteiger partial charge in [0.1, 0.15) is 0 Å². The van der Waals surface area contributed by atoms with Gasteiger partial charge in [-0.15, -0.1) is 11.3 Å². The van der Waals surface area contributed by atoms with Gasteiger partial charge in [0, 0.05) is 52.8 Å². The number of thiophene rings is 1. The fourth-order valence-electron chi connectivity index (χ4n) is 8.78. The maximum Gasteiger partial charge on any atom is 0.0549 e. The van der Waals surface area contributed by atoms with Crippen molar-refractivity contribution in [2.75, 3.05) is 0 Å². The summed E-state index contributed by atoms with van der Waals surface area (Å²) < 4.78 is 7.63. The average Bonchev–Trinajstić information content (AvgIpc) is 3.82. The summed E-state index contributed by atoms with van der Waals surface area (Å²) in [6, 6.07) is 63.1. The van der Waals surface area contributed by atoms with Crippen molar-refractivity contribution in [3.05, 3.63) is 170 Å². The fraction of sp³-hybridized carbons (Fsp3) is 0. The molecule has 12 rings (SSSR count). The third-order valence-electron chi connectivity index (χ3n) is 11.0. The first-order valence-corrected chi connectivity index (χ1v) is 18.3. The minimum atomic E-state index is 1.18. The molecule has 236 valence electrons. The standard InChI is InChI=1S/C48H28N2S/c1-2-13-32-25-47-38(24-31(32)12-1)39-26-33(21-23-46(39)51-47)49-42-18-8-7-17-36(42)37-27-45-40(28-44(37)49)48-35-16-6-4-11-30(35)20-22-43(48)50(45)41-19-9-14-29-10-3-5-15-34(29)41/h1-28H. The molecular formula is C48H28N2S. The lowest BCUT2D eigenvalue weighted by atomic mass is 10.0. The maximum atomic E-state index is 2.50. The molecule has 0 aliphatic heterocycles. The average molecular weight is 665 g/mol. The summed E-state index contributed by atoms with van der Waals surface area (Å²) in [5, 5.41) is 15.3. The molecule has 0 aliphatic rings. The molecule has 3 heterocycles. The van der Waals surface area contributed by atoms with Crippen LogP contribution in [-0.4, -0.2) is 9.13 Å². The van der Waals surface area contributed by atoms with Gasteiger partial charge < -0.3 is 9.13 Å². The van der Waals surface area contributed by atoms with Crippen LogP contribution >= 0.6 is 11.3 Å². The number of rotatable bonds is 2. The van der Waals surface area contributed by atoms with Gasteiger partial charge >= 0.3 is 0 Å². The Labute approximate surface area is 296 Å². The number of fused-ring (bicyclic) bond motifs is 13. The van der Waals surface area contributed by atoms with Gasteiger partial charge in [-0.3, -0.25) is 0 Å². The summed E-state index contributed by atoms with van der Waals surface area (Å²) in [6.45, 7) is 0. The molecule has 3 aromatic heterocycles. The van der Waals surface area contributed by atoms with Crippen LogP contribution in [0.25, 0.3) is 107 Å². The second-order valence-corrected chi connectivity index (χ2v) is 14.8. The van der Waals surface area contributed by atoms with E-state index in [2.05, 4.69) is 179 Å². The minimum Gasteiger partial charge on any atom is -0.309 e. The molecule has 0 bridgehead atoms. The summed E-state index contributed by atoms with van der Waals surface area (Å²) in [5.74, 6) is 0. The zero-order valence-electron chi connectivity index (χ0n) is 27.5. The Bertz CT molecular complexity index is 3420. The van der Waals surface area contributed by atoms with E-state index in [1.807, 2.05) is 11.3 Å². The molecule has 0 spiro atoms. The maximum absolute atomic E-state index is 2.50. The molecule has 0 unspecified atom stereocenters. The second kappa shape index (κ2) is 10.1. The Hall–Kier alpha value is -6.42. The summed E-state index contributed by atoms with van der Waals surface area (Å²) in [5.41, 5.74) is 7.27. The van der Waals surface area contributed by atoms with Gasteiger partial charge in [-0.2, -0.15) is 0 Å². The Morgan fingerprint density at radius 3 is 1.82 bits per heavy atom. The fourth-order valence-corrected chi connectivity index (χ4v) is 9.90. The topological polar surface area (TPSA) is 9.86 Å². The van der Waals surface area contributed by atoms with Crippen molar-refractivity contribution >= 4 is 107 Å². The van der Waals surface area contributed by atoms with Crippen LogP contribution in [0.2, 0.25) is 0 Å². The van der Waals surface area contributed by atoms with E-state index in [0.717, 1.165) is 0 Å². The molecule has 9 aromatic carbocycles. The number of benzene rings is 9. The van der Waals surface area contributed by atoms with Crippen LogP contribution in [0.4, 0.5) is 0 Å². The van der Waals surface area contributed by atoms with E-state index < -0.39 is 0 Å². The van der Waals surface area contributed by atoms with Gasteiger partial charge in [0.15, 0.2) is 0 Å². The molecule has 0 fully saturated rings. The number of hydrogen-bond donors (Lipinski definition) is 0. The van der Waals surface area contributed by atoms with Gasteiger partial charge in [0.25, 0.3) is 0 Å². The summed E-state index contributed by atoms with van der Waals surface area (Å²) in [7, 11) is 0. The zero-order valence-corrected chi connectivity index (χ0v) is 28.3. The third-order valence-corrected chi connectivity index (χ3v) is 12.2. The predicted molar refractivity (Wildman–Crippen MR) is 221 cm³/mol. The lowest BCUT2D eigenvalue weighted by Gasteiger charge is -2.12. The summed E-state index contributed by atoms with van der Waals surface area (Å²) >= 11 is 1.88. The Morgan fingerprint density at radius 2 is 0.961 bits per heavy atom. The van der Waals surface area contributed by atoms with E-state index in [1.54, 1.807) is 0 Å². The molecule has 0 radical (unpaired) electrons. The van der Waals surface area contributed by atoms with E-state index in [9.17, 15) is 0 Å². The highest BCUT2D eigenvalue weighted by Gasteiger charge is 2.21. The van der Waals surface area contributed by atoms with Crippen molar-refractivity contribution in [1.82, 2.24) is 9.13 Å². The minimum absolute atomic E-state index is 1.18. The van der Waals surface area contributed by atoms with Crippen LogP contribution in [0.5, 0.6) is 0 Å². The van der Waals surface area contributed by atoms with E-state index in [4.69, 9.17) is 0 Å². The van der Waals surface area contributed by atoms with Crippen LogP contribution in [-0.2, 0) is 0 Å². The Kier molecular flexibility index (Phi) is 5.41. The van der Waals surface area contributed by atoms with E-state index >= 15 is 0 Å². The number of nitrogens with zero attached hydrogens (tertiary/aromatic N) is 2. The lowest BCUT2D eigenvalue weighted by Crippen LogP contribution is -1.95. The van der Waals surface area contributed by atoms with Crippen LogP contribution in [0.1, 0.15) is 0 Å².